The summed E-state index contributed by atoms with van der Waals surface area (Å²) >= 11 is 0. The monoisotopic (exact) mass is 351 g/mol. The maximum atomic E-state index is 12.2. The molecule has 0 saturated carbocycles. The van der Waals surface area contributed by atoms with Gasteiger partial charge in [-0.05, 0) is 23.3 Å². The van der Waals surface area contributed by atoms with Gasteiger partial charge in [-0.3, -0.25) is 9.36 Å². The van der Waals surface area contributed by atoms with Crippen molar-refractivity contribution in [2.75, 3.05) is 5.73 Å². The molecule has 0 radical (unpaired) electrons. The Morgan fingerprint density at radius 3 is 2.69 bits per heavy atom. The number of carbonyl (C=O) groups is 1. The van der Waals surface area contributed by atoms with E-state index in [0.29, 0.717) is 17.9 Å². The van der Waals surface area contributed by atoms with Gasteiger partial charge in [-0.25, -0.2) is 9.78 Å². The topological polar surface area (TPSA) is 107 Å². The van der Waals surface area contributed by atoms with Crippen LogP contribution in [0.1, 0.15) is 17.2 Å². The van der Waals surface area contributed by atoms with Crippen molar-refractivity contribution in [2.24, 2.45) is 0 Å². The molecule has 0 aliphatic rings. The number of aromatic nitrogens is 2. The first-order valence-electron chi connectivity index (χ1n) is 7.87. The van der Waals surface area contributed by atoms with E-state index < -0.39 is 17.6 Å². The summed E-state index contributed by atoms with van der Waals surface area (Å²) in [6, 6.07) is 15.0. The Morgan fingerprint density at radius 2 is 1.96 bits per heavy atom. The summed E-state index contributed by atoms with van der Waals surface area (Å²) in [7, 11) is 0. The van der Waals surface area contributed by atoms with Crippen LogP contribution >= 0.6 is 0 Å². The highest BCUT2D eigenvalue weighted by Crippen LogP contribution is 2.23. The van der Waals surface area contributed by atoms with Crippen molar-refractivity contribution in [1.29, 1.82) is 0 Å². The lowest BCUT2D eigenvalue weighted by Gasteiger charge is -2.17. The molecule has 26 heavy (non-hydrogen) atoms. The molecule has 0 amide bonds. The number of nitrogens with zero attached hydrogens (tertiary/aromatic N) is 2. The van der Waals surface area contributed by atoms with Gasteiger partial charge in [0, 0.05) is 0 Å². The van der Waals surface area contributed by atoms with Crippen LogP contribution in [0.3, 0.4) is 0 Å². The van der Waals surface area contributed by atoms with E-state index in [1.165, 1.54) is 6.20 Å². The average molecular weight is 351 g/mol. The minimum absolute atomic E-state index is 0.116. The smallest absolute Gasteiger partial charge is 0.331 e. The fourth-order valence-electron chi connectivity index (χ4n) is 2.56. The molecule has 3 rings (SSSR count). The summed E-state index contributed by atoms with van der Waals surface area (Å²) in [5.74, 6) is -0.692. The van der Waals surface area contributed by atoms with Crippen molar-refractivity contribution in [3.05, 3.63) is 88.6 Å². The van der Waals surface area contributed by atoms with Crippen LogP contribution in [0.2, 0.25) is 0 Å². The fraction of sp³-hybridized carbons (Fsp3) is 0.105. The summed E-state index contributed by atoms with van der Waals surface area (Å²) < 4.78 is 6.73. The largest absolute Gasteiger partial charge is 0.489 e. The zero-order chi connectivity index (χ0) is 18.5. The van der Waals surface area contributed by atoms with Gasteiger partial charge in [0.2, 0.25) is 0 Å². The van der Waals surface area contributed by atoms with E-state index in [-0.39, 0.29) is 5.69 Å². The van der Waals surface area contributed by atoms with Gasteiger partial charge in [0.1, 0.15) is 18.0 Å². The second kappa shape index (κ2) is 7.52. The molecule has 0 saturated heterocycles. The van der Waals surface area contributed by atoms with E-state index in [1.54, 1.807) is 24.3 Å². The van der Waals surface area contributed by atoms with Gasteiger partial charge in [0.05, 0.1) is 12.5 Å². The summed E-state index contributed by atoms with van der Waals surface area (Å²) in [5.41, 5.74) is 6.22. The van der Waals surface area contributed by atoms with Crippen LogP contribution in [-0.2, 0) is 11.4 Å². The van der Waals surface area contributed by atoms with Gasteiger partial charge in [0.25, 0.3) is 5.56 Å². The first-order chi connectivity index (χ1) is 12.6. The van der Waals surface area contributed by atoms with E-state index in [4.69, 9.17) is 10.5 Å². The predicted molar refractivity (Wildman–Crippen MR) is 95.9 cm³/mol. The van der Waals surface area contributed by atoms with Crippen LogP contribution < -0.4 is 16.0 Å². The number of benzene rings is 2. The average Bonchev–Trinajstić information content (AvgIpc) is 2.65. The first kappa shape index (κ1) is 17.2. The molecule has 7 heteroatoms. The third-order valence-corrected chi connectivity index (χ3v) is 3.82. The highest BCUT2D eigenvalue weighted by atomic mass is 16.5. The zero-order valence-corrected chi connectivity index (χ0v) is 13.8. The Labute approximate surface area is 149 Å². The first-order valence-corrected chi connectivity index (χ1v) is 7.87. The number of hydrogen-bond donors (Lipinski definition) is 2. The van der Waals surface area contributed by atoms with Gasteiger partial charge in [-0.15, -0.1) is 0 Å². The van der Waals surface area contributed by atoms with Crippen molar-refractivity contribution in [3.8, 4) is 5.75 Å². The number of rotatable bonds is 6. The number of aliphatic carboxylic acids is 1. The Bertz CT molecular complexity index is 970. The number of hydrogen-bond acceptors (Lipinski definition) is 5. The number of carboxylic acids is 1. The molecule has 1 heterocycles. The van der Waals surface area contributed by atoms with Crippen molar-refractivity contribution in [2.45, 2.75) is 12.6 Å². The normalized spacial score (nSPS) is 11.7. The lowest BCUT2D eigenvalue weighted by molar-refractivity contribution is -0.139. The maximum absolute atomic E-state index is 12.2. The van der Waals surface area contributed by atoms with Crippen LogP contribution in [0.5, 0.6) is 5.75 Å². The molecule has 3 aromatic rings. The van der Waals surface area contributed by atoms with Crippen molar-refractivity contribution in [3.63, 3.8) is 0 Å². The minimum atomic E-state index is -1.25. The van der Waals surface area contributed by atoms with Gasteiger partial charge in [0.15, 0.2) is 6.04 Å². The van der Waals surface area contributed by atoms with Gasteiger partial charge in [-0.1, -0.05) is 42.5 Å². The van der Waals surface area contributed by atoms with E-state index in [9.17, 15) is 14.7 Å². The fourth-order valence-corrected chi connectivity index (χ4v) is 2.56. The Kier molecular flexibility index (Phi) is 4.98. The Balaban J connectivity index is 1.90. The molecule has 3 N–H and O–H groups in total. The number of nitrogen functional groups attached to an aromatic ring is 1. The second-order valence-electron chi connectivity index (χ2n) is 5.65. The molecule has 0 aliphatic carbocycles. The Hall–Kier alpha value is -3.61. The SMILES string of the molecule is Nc1cncn(C(C(=O)O)c2cccc(OCc3ccccc3)c2)c1=O. The molecule has 1 aromatic heterocycles. The van der Waals surface area contributed by atoms with Gasteiger partial charge >= 0.3 is 5.97 Å². The highest BCUT2D eigenvalue weighted by molar-refractivity contribution is 5.76. The predicted octanol–water partition coefficient (Wildman–Crippen LogP) is 2.08. The highest BCUT2D eigenvalue weighted by Gasteiger charge is 2.24. The molecule has 1 atom stereocenters. The van der Waals surface area contributed by atoms with E-state index in [2.05, 4.69) is 4.98 Å². The summed E-state index contributed by atoms with van der Waals surface area (Å²) in [4.78, 5) is 27.8. The van der Waals surface area contributed by atoms with Crippen molar-refractivity contribution < 1.29 is 14.6 Å². The van der Waals surface area contributed by atoms with Crippen LogP contribution in [0.15, 0.2) is 71.9 Å². The van der Waals surface area contributed by atoms with Crippen molar-refractivity contribution in [1.82, 2.24) is 9.55 Å². The molecular formula is C19H17N3O4. The third kappa shape index (κ3) is 3.72. The summed E-state index contributed by atoms with van der Waals surface area (Å²) in [6.07, 6.45) is 2.35. The molecule has 0 fully saturated rings. The van der Waals surface area contributed by atoms with Crippen molar-refractivity contribution >= 4 is 11.7 Å². The molecular weight excluding hydrogens is 334 g/mol. The Morgan fingerprint density at radius 1 is 1.19 bits per heavy atom. The number of ether oxygens (including phenoxy) is 1. The van der Waals surface area contributed by atoms with Crippen LogP contribution in [0, 0.1) is 0 Å². The van der Waals surface area contributed by atoms with Gasteiger partial charge in [-0.2, -0.15) is 0 Å². The zero-order valence-electron chi connectivity index (χ0n) is 13.8. The number of anilines is 1. The minimum Gasteiger partial charge on any atom is -0.489 e. The molecule has 2 aromatic carbocycles. The molecule has 0 aliphatic heterocycles. The van der Waals surface area contributed by atoms with E-state index in [1.807, 2.05) is 30.3 Å². The lowest BCUT2D eigenvalue weighted by Crippen LogP contribution is -2.32. The molecule has 0 bridgehead atoms. The standard InChI is InChI=1S/C19H17N3O4/c20-16-10-21-12-22(18(16)23)17(19(24)25)14-7-4-8-15(9-14)26-11-13-5-2-1-3-6-13/h1-10,12,17H,11,20H2,(H,24,25). The van der Waals surface area contributed by atoms with Gasteiger partial charge < -0.3 is 15.6 Å². The second-order valence-corrected chi connectivity index (χ2v) is 5.65. The van der Waals surface area contributed by atoms with E-state index in [0.717, 1.165) is 16.5 Å². The summed E-state index contributed by atoms with van der Waals surface area (Å²) in [6.45, 7) is 0.349. The number of nitrogens with two attached hydrogens (primary N) is 1. The number of carboxylic acid groups (broad SMARTS) is 1. The molecule has 0 spiro atoms. The third-order valence-electron chi connectivity index (χ3n) is 3.82. The van der Waals surface area contributed by atoms with E-state index >= 15 is 0 Å². The summed E-state index contributed by atoms with van der Waals surface area (Å²) in [5, 5.41) is 9.63. The van der Waals surface area contributed by atoms with Crippen LogP contribution in [0.25, 0.3) is 0 Å². The molecule has 1 unspecified atom stereocenters. The molecule has 7 nitrogen and oxygen atoms in total. The maximum Gasteiger partial charge on any atom is 0.331 e. The quantitative estimate of drug-likeness (QED) is 0.704. The molecule has 132 valence electrons. The van der Waals surface area contributed by atoms with Crippen LogP contribution in [-0.4, -0.2) is 20.6 Å². The lowest BCUT2D eigenvalue weighted by atomic mass is 10.1. The van der Waals surface area contributed by atoms with Crippen LogP contribution in [0.4, 0.5) is 5.69 Å².